The topological polar surface area (TPSA) is 47.8 Å². The minimum atomic E-state index is 0.559. The first kappa shape index (κ1) is 13.2. The SMILES string of the molecule is Cc1ccc(-c2nn(-c3ccccn3)cc2C=O)cc1C. The van der Waals surface area contributed by atoms with E-state index >= 15 is 0 Å². The minimum absolute atomic E-state index is 0.559. The van der Waals surface area contributed by atoms with Gasteiger partial charge in [0.1, 0.15) is 5.69 Å². The Labute approximate surface area is 123 Å². The van der Waals surface area contributed by atoms with E-state index in [1.807, 2.05) is 36.4 Å². The first-order valence-electron chi connectivity index (χ1n) is 6.73. The third kappa shape index (κ3) is 2.48. The maximum atomic E-state index is 11.3. The van der Waals surface area contributed by atoms with Gasteiger partial charge >= 0.3 is 0 Å². The highest BCUT2D eigenvalue weighted by Gasteiger charge is 2.12. The molecule has 0 aliphatic rings. The summed E-state index contributed by atoms with van der Waals surface area (Å²) in [5.74, 6) is 0.690. The number of aromatic nitrogens is 3. The van der Waals surface area contributed by atoms with Crippen molar-refractivity contribution in [3.05, 3.63) is 65.5 Å². The van der Waals surface area contributed by atoms with E-state index in [-0.39, 0.29) is 0 Å². The summed E-state index contributed by atoms with van der Waals surface area (Å²) in [6.45, 7) is 4.11. The van der Waals surface area contributed by atoms with Crippen LogP contribution in [0.5, 0.6) is 0 Å². The average Bonchev–Trinajstić information content (AvgIpc) is 2.95. The number of benzene rings is 1. The molecule has 0 saturated heterocycles. The summed E-state index contributed by atoms with van der Waals surface area (Å²) in [7, 11) is 0. The van der Waals surface area contributed by atoms with Crippen molar-refractivity contribution in [2.45, 2.75) is 13.8 Å². The Morgan fingerprint density at radius 3 is 2.62 bits per heavy atom. The fourth-order valence-corrected chi connectivity index (χ4v) is 2.19. The molecule has 0 N–H and O–H groups in total. The second-order valence-electron chi connectivity index (χ2n) is 4.98. The second kappa shape index (κ2) is 5.32. The quantitative estimate of drug-likeness (QED) is 0.690. The van der Waals surface area contributed by atoms with E-state index in [9.17, 15) is 4.79 Å². The number of pyridine rings is 1. The summed E-state index contributed by atoms with van der Waals surface area (Å²) >= 11 is 0. The fourth-order valence-electron chi connectivity index (χ4n) is 2.19. The molecule has 0 saturated carbocycles. The first-order valence-corrected chi connectivity index (χ1v) is 6.73. The van der Waals surface area contributed by atoms with Crippen molar-refractivity contribution in [1.82, 2.24) is 14.8 Å². The van der Waals surface area contributed by atoms with Crippen molar-refractivity contribution in [3.63, 3.8) is 0 Å². The Bertz CT molecular complexity index is 791. The maximum Gasteiger partial charge on any atom is 0.153 e. The molecule has 0 bridgehead atoms. The molecule has 0 aliphatic carbocycles. The third-order valence-electron chi connectivity index (χ3n) is 3.53. The highest BCUT2D eigenvalue weighted by atomic mass is 16.1. The molecule has 2 aromatic heterocycles. The number of hydrogen-bond acceptors (Lipinski definition) is 3. The van der Waals surface area contributed by atoms with E-state index in [1.165, 1.54) is 11.1 Å². The third-order valence-corrected chi connectivity index (χ3v) is 3.53. The van der Waals surface area contributed by atoms with E-state index in [4.69, 9.17) is 0 Å². The van der Waals surface area contributed by atoms with Crippen molar-refractivity contribution >= 4 is 6.29 Å². The number of nitrogens with zero attached hydrogens (tertiary/aromatic N) is 3. The second-order valence-corrected chi connectivity index (χ2v) is 4.98. The predicted molar refractivity (Wildman–Crippen MR) is 81.7 cm³/mol. The Hall–Kier alpha value is -2.75. The lowest BCUT2D eigenvalue weighted by Gasteiger charge is -2.03. The molecule has 21 heavy (non-hydrogen) atoms. The zero-order valence-electron chi connectivity index (χ0n) is 11.9. The van der Waals surface area contributed by atoms with Gasteiger partial charge in [0, 0.05) is 18.0 Å². The zero-order valence-corrected chi connectivity index (χ0v) is 11.9. The van der Waals surface area contributed by atoms with Crippen molar-refractivity contribution in [1.29, 1.82) is 0 Å². The van der Waals surface area contributed by atoms with Crippen LogP contribution in [0.25, 0.3) is 17.1 Å². The van der Waals surface area contributed by atoms with Gasteiger partial charge in [0.25, 0.3) is 0 Å². The van der Waals surface area contributed by atoms with Gasteiger partial charge in [0.2, 0.25) is 0 Å². The Kier molecular flexibility index (Phi) is 3.36. The molecule has 2 heterocycles. The van der Waals surface area contributed by atoms with Crippen LogP contribution in [0.2, 0.25) is 0 Å². The molecule has 0 unspecified atom stereocenters. The van der Waals surface area contributed by atoms with Gasteiger partial charge in [0.15, 0.2) is 12.1 Å². The lowest BCUT2D eigenvalue weighted by atomic mass is 10.0. The van der Waals surface area contributed by atoms with E-state index in [0.717, 1.165) is 11.8 Å². The zero-order chi connectivity index (χ0) is 14.8. The smallest absolute Gasteiger partial charge is 0.153 e. The molecule has 0 aliphatic heterocycles. The first-order chi connectivity index (χ1) is 10.2. The molecule has 0 radical (unpaired) electrons. The summed E-state index contributed by atoms with van der Waals surface area (Å²) in [4.78, 5) is 15.6. The number of aryl methyl sites for hydroxylation is 2. The highest BCUT2D eigenvalue weighted by molar-refractivity contribution is 5.85. The molecule has 3 aromatic rings. The largest absolute Gasteiger partial charge is 0.298 e. The number of carbonyl (C=O) groups excluding carboxylic acids is 1. The van der Waals surface area contributed by atoms with E-state index < -0.39 is 0 Å². The van der Waals surface area contributed by atoms with Crippen molar-refractivity contribution in [2.24, 2.45) is 0 Å². The van der Waals surface area contributed by atoms with Gasteiger partial charge in [-0.15, -0.1) is 0 Å². The summed E-state index contributed by atoms with van der Waals surface area (Å²) < 4.78 is 1.63. The predicted octanol–water partition coefficient (Wildman–Crippen LogP) is 3.36. The van der Waals surface area contributed by atoms with Crippen molar-refractivity contribution < 1.29 is 4.79 Å². The molecule has 4 heteroatoms. The molecular formula is C17H15N3O. The standard InChI is InChI=1S/C17H15N3O/c1-12-6-7-14(9-13(12)2)17-15(11-21)10-20(19-17)16-5-3-4-8-18-16/h3-11H,1-2H3. The lowest BCUT2D eigenvalue weighted by molar-refractivity contribution is 0.112. The van der Waals surface area contributed by atoms with Crippen LogP contribution in [0.15, 0.2) is 48.8 Å². The van der Waals surface area contributed by atoms with Gasteiger partial charge in [-0.3, -0.25) is 4.79 Å². The molecule has 1 aromatic carbocycles. The van der Waals surface area contributed by atoms with Crippen LogP contribution in [0.1, 0.15) is 21.5 Å². The van der Waals surface area contributed by atoms with Crippen molar-refractivity contribution in [2.75, 3.05) is 0 Å². The number of hydrogen-bond donors (Lipinski definition) is 0. The van der Waals surface area contributed by atoms with Gasteiger partial charge in [-0.1, -0.05) is 18.2 Å². The molecule has 0 fully saturated rings. The van der Waals surface area contributed by atoms with Crippen LogP contribution in [-0.2, 0) is 0 Å². The molecular weight excluding hydrogens is 262 g/mol. The Morgan fingerprint density at radius 1 is 1.10 bits per heavy atom. The van der Waals surface area contributed by atoms with Gasteiger partial charge in [-0.05, 0) is 43.2 Å². The van der Waals surface area contributed by atoms with Crippen LogP contribution in [0.3, 0.4) is 0 Å². The van der Waals surface area contributed by atoms with Crippen LogP contribution < -0.4 is 0 Å². The summed E-state index contributed by atoms with van der Waals surface area (Å²) in [5, 5.41) is 4.52. The molecule has 104 valence electrons. The van der Waals surface area contributed by atoms with E-state index in [1.54, 1.807) is 17.1 Å². The van der Waals surface area contributed by atoms with E-state index in [0.29, 0.717) is 17.1 Å². The van der Waals surface area contributed by atoms with E-state index in [2.05, 4.69) is 23.9 Å². The van der Waals surface area contributed by atoms with Crippen molar-refractivity contribution in [3.8, 4) is 17.1 Å². The summed E-state index contributed by atoms with van der Waals surface area (Å²) in [6.07, 6.45) is 4.24. The molecule has 0 spiro atoms. The van der Waals surface area contributed by atoms with Crippen LogP contribution in [0.4, 0.5) is 0 Å². The average molecular weight is 277 g/mol. The number of aldehydes is 1. The Morgan fingerprint density at radius 2 is 1.95 bits per heavy atom. The maximum absolute atomic E-state index is 11.3. The molecule has 4 nitrogen and oxygen atoms in total. The number of carbonyl (C=O) groups is 1. The van der Waals surface area contributed by atoms with Gasteiger partial charge < -0.3 is 0 Å². The molecule has 3 rings (SSSR count). The van der Waals surface area contributed by atoms with Gasteiger partial charge in [0.05, 0.1) is 5.56 Å². The summed E-state index contributed by atoms with van der Waals surface area (Å²) in [6, 6.07) is 11.7. The van der Waals surface area contributed by atoms with Crippen LogP contribution in [-0.4, -0.2) is 21.1 Å². The van der Waals surface area contributed by atoms with Gasteiger partial charge in [-0.25, -0.2) is 9.67 Å². The monoisotopic (exact) mass is 277 g/mol. The highest BCUT2D eigenvalue weighted by Crippen LogP contribution is 2.24. The van der Waals surface area contributed by atoms with Crippen LogP contribution >= 0.6 is 0 Å². The minimum Gasteiger partial charge on any atom is -0.298 e. The summed E-state index contributed by atoms with van der Waals surface area (Å²) in [5.41, 5.74) is 4.57. The lowest BCUT2D eigenvalue weighted by Crippen LogP contribution is -1.97. The van der Waals surface area contributed by atoms with Crippen LogP contribution in [0, 0.1) is 13.8 Å². The number of rotatable bonds is 3. The normalized spacial score (nSPS) is 10.6. The molecule has 0 atom stereocenters. The van der Waals surface area contributed by atoms with Gasteiger partial charge in [-0.2, -0.15) is 5.10 Å². The Balaban J connectivity index is 2.12. The molecule has 0 amide bonds. The fraction of sp³-hybridized carbons (Fsp3) is 0.118.